The van der Waals surface area contributed by atoms with Crippen LogP contribution in [0.4, 0.5) is 5.69 Å². The van der Waals surface area contributed by atoms with Gasteiger partial charge in [0.25, 0.3) is 10.0 Å². The van der Waals surface area contributed by atoms with Crippen LogP contribution in [-0.2, 0) is 10.0 Å². The highest BCUT2D eigenvalue weighted by Crippen LogP contribution is 2.39. The van der Waals surface area contributed by atoms with Crippen molar-refractivity contribution in [3.63, 3.8) is 0 Å². The number of aliphatic hydroxyl groups excluding tert-OH is 1. The summed E-state index contributed by atoms with van der Waals surface area (Å²) in [7, 11) is -2.36. The Bertz CT molecular complexity index is 886. The second-order valence-corrected chi connectivity index (χ2v) is 8.09. The zero-order chi connectivity index (χ0) is 17.5. The number of anilines is 1. The Morgan fingerprint density at radius 3 is 2.62 bits per heavy atom. The molecule has 1 atom stereocenters. The van der Waals surface area contributed by atoms with Crippen molar-refractivity contribution in [3.8, 4) is 5.75 Å². The van der Waals surface area contributed by atoms with Crippen LogP contribution in [0.5, 0.6) is 5.75 Å². The van der Waals surface area contributed by atoms with Crippen molar-refractivity contribution in [2.45, 2.75) is 17.4 Å². The molecule has 3 rings (SSSR count). The van der Waals surface area contributed by atoms with E-state index in [2.05, 4.69) is 0 Å². The Balaban J connectivity index is 2.08. The summed E-state index contributed by atoms with van der Waals surface area (Å²) >= 11 is 12.0. The zero-order valence-corrected chi connectivity index (χ0v) is 15.1. The Kier molecular flexibility index (Phi) is 4.66. The molecule has 0 saturated carbocycles. The normalized spacial score (nSPS) is 17.5. The fraction of sp³-hybridized carbons (Fsp3) is 0.250. The van der Waals surface area contributed by atoms with E-state index >= 15 is 0 Å². The van der Waals surface area contributed by atoms with Gasteiger partial charge in [0.05, 0.1) is 28.8 Å². The summed E-state index contributed by atoms with van der Waals surface area (Å²) in [6.45, 7) is 0.168. The molecule has 0 spiro atoms. The highest BCUT2D eigenvalue weighted by molar-refractivity contribution is 7.92. The minimum atomic E-state index is -3.82. The lowest BCUT2D eigenvalue weighted by Gasteiger charge is -2.33. The van der Waals surface area contributed by atoms with Crippen LogP contribution in [-0.4, -0.2) is 27.2 Å². The molecule has 0 bridgehead atoms. The Hall–Kier alpha value is -1.47. The molecule has 1 N–H and O–H groups in total. The fourth-order valence-corrected chi connectivity index (χ4v) is 4.75. The molecule has 24 heavy (non-hydrogen) atoms. The molecule has 1 unspecified atom stereocenters. The summed E-state index contributed by atoms with van der Waals surface area (Å²) in [6, 6.07) is 9.10. The standard InChI is InChI=1S/C16H15Cl2NO4S/c1-23-16-5-3-11(9-13(16)18)24(21,22)19-7-6-15(20)12-8-10(17)2-4-14(12)19/h2-5,8-9,15,20H,6-7H2,1H3. The Morgan fingerprint density at radius 1 is 1.21 bits per heavy atom. The molecule has 8 heteroatoms. The molecular weight excluding hydrogens is 373 g/mol. The monoisotopic (exact) mass is 387 g/mol. The molecule has 0 saturated heterocycles. The third-order valence-corrected chi connectivity index (χ3v) is 6.27. The lowest BCUT2D eigenvalue weighted by molar-refractivity contribution is 0.166. The molecule has 5 nitrogen and oxygen atoms in total. The Labute approximate surface area is 150 Å². The van der Waals surface area contributed by atoms with Crippen molar-refractivity contribution in [2.75, 3.05) is 18.0 Å². The number of hydrogen-bond acceptors (Lipinski definition) is 4. The summed E-state index contributed by atoms with van der Waals surface area (Å²) in [6.07, 6.45) is -0.458. The van der Waals surface area contributed by atoms with Gasteiger partial charge in [-0.15, -0.1) is 0 Å². The SMILES string of the molecule is COc1ccc(S(=O)(=O)N2CCC(O)c3cc(Cl)ccc32)cc1Cl. The molecule has 2 aromatic rings. The quantitative estimate of drug-likeness (QED) is 0.872. The second kappa shape index (κ2) is 6.44. The number of rotatable bonds is 3. The van der Waals surface area contributed by atoms with Crippen LogP contribution in [0.25, 0.3) is 0 Å². The van der Waals surface area contributed by atoms with Gasteiger partial charge < -0.3 is 9.84 Å². The van der Waals surface area contributed by atoms with Gasteiger partial charge in [0.1, 0.15) is 5.75 Å². The minimum absolute atomic E-state index is 0.0607. The van der Waals surface area contributed by atoms with Crippen LogP contribution in [0.15, 0.2) is 41.3 Å². The van der Waals surface area contributed by atoms with Gasteiger partial charge in [0, 0.05) is 17.1 Å². The first-order chi connectivity index (χ1) is 11.3. The smallest absolute Gasteiger partial charge is 0.264 e. The predicted octanol–water partition coefficient (Wildman–Crippen LogP) is 3.63. The molecule has 0 aromatic heterocycles. The van der Waals surface area contributed by atoms with Gasteiger partial charge in [-0.1, -0.05) is 23.2 Å². The van der Waals surface area contributed by atoms with Crippen LogP contribution in [0, 0.1) is 0 Å². The molecule has 2 aromatic carbocycles. The maximum atomic E-state index is 13.0. The maximum absolute atomic E-state index is 13.0. The summed E-state index contributed by atoms with van der Waals surface area (Å²) in [5, 5.41) is 10.8. The van der Waals surface area contributed by atoms with Crippen molar-refractivity contribution in [3.05, 3.63) is 52.0 Å². The lowest BCUT2D eigenvalue weighted by Crippen LogP contribution is -2.36. The number of fused-ring (bicyclic) bond motifs is 1. The molecule has 1 aliphatic heterocycles. The van der Waals surface area contributed by atoms with Crippen LogP contribution < -0.4 is 9.04 Å². The molecule has 0 aliphatic carbocycles. The molecular formula is C16H15Cl2NO4S. The first kappa shape index (κ1) is 17.4. The maximum Gasteiger partial charge on any atom is 0.264 e. The molecule has 128 valence electrons. The van der Waals surface area contributed by atoms with Gasteiger partial charge in [-0.05, 0) is 42.8 Å². The lowest BCUT2D eigenvalue weighted by atomic mass is 10.0. The average Bonchev–Trinajstić information content (AvgIpc) is 2.55. The predicted molar refractivity (Wildman–Crippen MR) is 93.6 cm³/mol. The highest BCUT2D eigenvalue weighted by Gasteiger charge is 2.33. The van der Waals surface area contributed by atoms with E-state index in [0.29, 0.717) is 22.0 Å². The summed E-state index contributed by atoms with van der Waals surface area (Å²) < 4.78 is 32.3. The van der Waals surface area contributed by atoms with Gasteiger partial charge in [-0.25, -0.2) is 8.42 Å². The van der Waals surface area contributed by atoms with E-state index in [0.717, 1.165) is 0 Å². The van der Waals surface area contributed by atoms with Crippen LogP contribution in [0.2, 0.25) is 10.0 Å². The van der Waals surface area contributed by atoms with E-state index in [1.165, 1.54) is 29.6 Å². The number of hydrogen-bond donors (Lipinski definition) is 1. The van der Waals surface area contributed by atoms with Gasteiger partial charge in [0.2, 0.25) is 0 Å². The Morgan fingerprint density at radius 2 is 1.96 bits per heavy atom. The highest BCUT2D eigenvalue weighted by atomic mass is 35.5. The van der Waals surface area contributed by atoms with E-state index in [4.69, 9.17) is 27.9 Å². The van der Waals surface area contributed by atoms with Crippen LogP contribution in [0.1, 0.15) is 18.1 Å². The van der Waals surface area contributed by atoms with Crippen LogP contribution >= 0.6 is 23.2 Å². The average molecular weight is 388 g/mol. The number of aliphatic hydroxyl groups is 1. The first-order valence-corrected chi connectivity index (χ1v) is 9.38. The summed E-state index contributed by atoms with van der Waals surface area (Å²) in [5.41, 5.74) is 0.919. The van der Waals surface area contributed by atoms with Gasteiger partial charge in [-0.3, -0.25) is 4.31 Å². The van der Waals surface area contributed by atoms with Gasteiger partial charge in [-0.2, -0.15) is 0 Å². The largest absolute Gasteiger partial charge is 0.495 e. The van der Waals surface area contributed by atoms with E-state index in [1.807, 2.05) is 0 Å². The van der Waals surface area contributed by atoms with Gasteiger partial charge in [0.15, 0.2) is 0 Å². The van der Waals surface area contributed by atoms with Crippen molar-refractivity contribution in [2.24, 2.45) is 0 Å². The molecule has 0 amide bonds. The van der Waals surface area contributed by atoms with Crippen molar-refractivity contribution < 1.29 is 18.3 Å². The van der Waals surface area contributed by atoms with E-state index in [1.54, 1.807) is 18.2 Å². The van der Waals surface area contributed by atoms with E-state index < -0.39 is 16.1 Å². The molecule has 0 radical (unpaired) electrons. The van der Waals surface area contributed by atoms with Crippen molar-refractivity contribution in [1.82, 2.24) is 0 Å². The van der Waals surface area contributed by atoms with Crippen molar-refractivity contribution in [1.29, 1.82) is 0 Å². The van der Waals surface area contributed by atoms with E-state index in [9.17, 15) is 13.5 Å². The minimum Gasteiger partial charge on any atom is -0.495 e. The molecule has 1 heterocycles. The number of nitrogens with zero attached hydrogens (tertiary/aromatic N) is 1. The van der Waals surface area contributed by atoms with Crippen molar-refractivity contribution >= 4 is 38.9 Å². The zero-order valence-electron chi connectivity index (χ0n) is 12.7. The number of benzene rings is 2. The second-order valence-electron chi connectivity index (χ2n) is 5.38. The number of methoxy groups -OCH3 is 1. The summed E-state index contributed by atoms with van der Waals surface area (Å²) in [5.74, 6) is 0.400. The van der Waals surface area contributed by atoms with E-state index in [-0.39, 0.29) is 22.9 Å². The number of sulfonamides is 1. The third kappa shape index (κ3) is 2.95. The molecule has 1 aliphatic rings. The summed E-state index contributed by atoms with van der Waals surface area (Å²) in [4.78, 5) is 0.0607. The first-order valence-electron chi connectivity index (χ1n) is 7.18. The van der Waals surface area contributed by atoms with Crippen LogP contribution in [0.3, 0.4) is 0 Å². The number of ether oxygens (including phenoxy) is 1. The van der Waals surface area contributed by atoms with Gasteiger partial charge >= 0.3 is 0 Å². The number of halogens is 2. The fourth-order valence-electron chi connectivity index (χ4n) is 2.72. The molecule has 0 fully saturated rings. The third-order valence-electron chi connectivity index (χ3n) is 3.93. The topological polar surface area (TPSA) is 66.8 Å².